The van der Waals surface area contributed by atoms with Crippen molar-refractivity contribution in [1.29, 1.82) is 0 Å². The van der Waals surface area contributed by atoms with Crippen LogP contribution in [0.15, 0.2) is 48.5 Å². The second kappa shape index (κ2) is 14.3. The number of rotatable bonds is 13. The molecule has 204 valence electrons. The first kappa shape index (κ1) is 28.9. The molecule has 5 N–H and O–H groups in total. The summed E-state index contributed by atoms with van der Waals surface area (Å²) in [7, 11) is 1.68. The average molecular weight is 514 g/mol. The Balaban J connectivity index is 1.89. The number of urea groups is 1. The van der Waals surface area contributed by atoms with Crippen molar-refractivity contribution in [2.24, 2.45) is 11.7 Å². The van der Waals surface area contributed by atoms with E-state index < -0.39 is 11.7 Å². The van der Waals surface area contributed by atoms with Crippen LogP contribution in [0.1, 0.15) is 50.2 Å². The first-order chi connectivity index (χ1) is 17.9. The van der Waals surface area contributed by atoms with Gasteiger partial charge in [-0.15, -0.1) is 0 Å². The standard InChI is InChI=1S/C29H43N3O5/c1-3-22-11-4-6-14-26(22)37-27-15-7-5-13-25(27)29(35,16-8-9-18-36-2)23-12-10-17-32(21-23)28(34)31-20-24(33)19-30/h4-7,11,13-15,23-24,33,35H,3,8-10,12,16-21,30H2,1-2H3,(H,31,34)/t23-,24?,29+/m1/s1. The van der Waals surface area contributed by atoms with E-state index in [0.29, 0.717) is 31.9 Å². The maximum atomic E-state index is 12.8. The second-order valence-electron chi connectivity index (χ2n) is 9.79. The Hall–Kier alpha value is -2.65. The third kappa shape index (κ3) is 7.68. The summed E-state index contributed by atoms with van der Waals surface area (Å²) >= 11 is 0. The van der Waals surface area contributed by atoms with E-state index >= 15 is 0 Å². The van der Waals surface area contributed by atoms with Gasteiger partial charge in [-0.05, 0) is 56.2 Å². The number of hydrogen-bond acceptors (Lipinski definition) is 6. The second-order valence-corrected chi connectivity index (χ2v) is 9.79. The van der Waals surface area contributed by atoms with Gasteiger partial charge in [0.1, 0.15) is 11.5 Å². The number of nitrogens with one attached hydrogen (secondary N) is 1. The number of aliphatic hydroxyl groups excluding tert-OH is 1. The van der Waals surface area contributed by atoms with Crippen molar-refractivity contribution < 1.29 is 24.5 Å². The van der Waals surface area contributed by atoms with Crippen molar-refractivity contribution in [2.75, 3.05) is 39.9 Å². The highest BCUT2D eigenvalue weighted by Crippen LogP contribution is 2.44. The minimum atomic E-state index is -1.19. The van der Waals surface area contributed by atoms with E-state index in [0.717, 1.165) is 49.0 Å². The first-order valence-corrected chi connectivity index (χ1v) is 13.4. The van der Waals surface area contributed by atoms with Crippen LogP contribution in [0.2, 0.25) is 0 Å². The van der Waals surface area contributed by atoms with Crippen LogP contribution < -0.4 is 15.8 Å². The van der Waals surface area contributed by atoms with E-state index in [2.05, 4.69) is 12.2 Å². The summed E-state index contributed by atoms with van der Waals surface area (Å²) in [4.78, 5) is 14.6. The van der Waals surface area contributed by atoms with Gasteiger partial charge in [-0.3, -0.25) is 0 Å². The van der Waals surface area contributed by atoms with Gasteiger partial charge in [-0.25, -0.2) is 4.79 Å². The number of nitrogens with two attached hydrogens (primary N) is 1. The molecule has 0 aliphatic carbocycles. The molecule has 1 aliphatic rings. The molecule has 1 aliphatic heterocycles. The van der Waals surface area contributed by atoms with Crippen molar-refractivity contribution in [3.05, 3.63) is 59.7 Å². The van der Waals surface area contributed by atoms with Crippen LogP contribution in [0, 0.1) is 5.92 Å². The van der Waals surface area contributed by atoms with E-state index in [-0.39, 0.29) is 25.0 Å². The van der Waals surface area contributed by atoms with E-state index in [1.54, 1.807) is 12.0 Å². The van der Waals surface area contributed by atoms with Crippen LogP contribution in [0.25, 0.3) is 0 Å². The molecule has 1 heterocycles. The number of ether oxygens (including phenoxy) is 2. The summed E-state index contributed by atoms with van der Waals surface area (Å²) in [5, 5.41) is 24.9. The Morgan fingerprint density at radius 1 is 1.19 bits per heavy atom. The van der Waals surface area contributed by atoms with E-state index in [4.69, 9.17) is 15.2 Å². The zero-order valence-electron chi connectivity index (χ0n) is 22.2. The Morgan fingerprint density at radius 3 is 2.65 bits per heavy atom. The molecule has 2 aromatic rings. The van der Waals surface area contributed by atoms with Gasteiger partial charge >= 0.3 is 6.03 Å². The quantitative estimate of drug-likeness (QED) is 0.303. The summed E-state index contributed by atoms with van der Waals surface area (Å²) < 4.78 is 11.7. The van der Waals surface area contributed by atoms with Crippen LogP contribution in [0.3, 0.4) is 0 Å². The van der Waals surface area contributed by atoms with Crippen LogP contribution in [-0.2, 0) is 16.8 Å². The fraction of sp³-hybridized carbons (Fsp3) is 0.552. The lowest BCUT2D eigenvalue weighted by molar-refractivity contribution is -0.0575. The number of aryl methyl sites for hydroxylation is 1. The van der Waals surface area contributed by atoms with Gasteiger partial charge < -0.3 is 35.6 Å². The van der Waals surface area contributed by atoms with E-state index in [1.807, 2.05) is 48.5 Å². The highest BCUT2D eigenvalue weighted by molar-refractivity contribution is 5.74. The van der Waals surface area contributed by atoms with Crippen molar-refractivity contribution in [3.8, 4) is 11.5 Å². The van der Waals surface area contributed by atoms with Crippen molar-refractivity contribution in [2.45, 2.75) is 57.2 Å². The molecule has 0 saturated carbocycles. The van der Waals surface area contributed by atoms with Crippen LogP contribution in [0.5, 0.6) is 11.5 Å². The summed E-state index contributed by atoms with van der Waals surface area (Å²) in [6.07, 6.45) is 3.75. The van der Waals surface area contributed by atoms with Gasteiger partial charge in [0.2, 0.25) is 0 Å². The molecule has 1 fully saturated rings. The predicted molar refractivity (Wildman–Crippen MR) is 145 cm³/mol. The van der Waals surface area contributed by atoms with Gasteiger partial charge in [0.15, 0.2) is 0 Å². The van der Waals surface area contributed by atoms with Crippen LogP contribution in [0.4, 0.5) is 4.79 Å². The zero-order valence-corrected chi connectivity index (χ0v) is 22.2. The molecule has 1 unspecified atom stereocenters. The van der Waals surface area contributed by atoms with Crippen LogP contribution in [-0.4, -0.2) is 67.1 Å². The SMILES string of the molecule is CCc1ccccc1Oc1ccccc1[C@](O)(CCCCOC)[C@@H]1CCCN(C(=O)NCC(O)CN)C1. The minimum Gasteiger partial charge on any atom is -0.457 e. The lowest BCUT2D eigenvalue weighted by Gasteiger charge is -2.43. The number of aliphatic hydroxyl groups is 2. The number of amides is 2. The van der Waals surface area contributed by atoms with E-state index in [9.17, 15) is 15.0 Å². The highest BCUT2D eigenvalue weighted by Gasteiger charge is 2.43. The molecule has 2 aromatic carbocycles. The molecule has 0 bridgehead atoms. The fourth-order valence-electron chi connectivity index (χ4n) is 5.08. The highest BCUT2D eigenvalue weighted by atomic mass is 16.5. The number of carbonyl (C=O) groups is 1. The Morgan fingerprint density at radius 2 is 1.92 bits per heavy atom. The summed E-state index contributed by atoms with van der Waals surface area (Å²) in [5.41, 5.74) is 6.11. The summed E-state index contributed by atoms with van der Waals surface area (Å²) in [6.45, 7) is 3.91. The number of hydrogen-bond donors (Lipinski definition) is 4. The fourth-order valence-corrected chi connectivity index (χ4v) is 5.08. The molecule has 2 amide bonds. The number of likely N-dealkylation sites (tertiary alicyclic amines) is 1. The Bertz CT molecular complexity index is 988. The smallest absolute Gasteiger partial charge is 0.317 e. The molecule has 3 rings (SSSR count). The molecule has 1 saturated heterocycles. The normalized spacial score (nSPS) is 18.2. The number of nitrogens with zero attached hydrogens (tertiary/aromatic N) is 1. The first-order valence-electron chi connectivity index (χ1n) is 13.4. The van der Waals surface area contributed by atoms with Crippen molar-refractivity contribution in [3.63, 3.8) is 0 Å². The molecule has 8 nitrogen and oxygen atoms in total. The predicted octanol–water partition coefficient (Wildman–Crippen LogP) is 3.79. The third-order valence-corrected chi connectivity index (χ3v) is 7.23. The lowest BCUT2D eigenvalue weighted by Crippen LogP contribution is -2.52. The maximum Gasteiger partial charge on any atom is 0.317 e. The Kier molecular flexibility index (Phi) is 11.2. The molecule has 3 atom stereocenters. The largest absolute Gasteiger partial charge is 0.457 e. The number of piperidine rings is 1. The van der Waals surface area contributed by atoms with Crippen molar-refractivity contribution >= 4 is 6.03 Å². The van der Waals surface area contributed by atoms with Gasteiger partial charge in [-0.2, -0.15) is 0 Å². The number of para-hydroxylation sites is 2. The maximum absolute atomic E-state index is 12.8. The number of unbranched alkanes of at least 4 members (excludes halogenated alkanes) is 1. The zero-order chi connectivity index (χ0) is 26.7. The molecule has 37 heavy (non-hydrogen) atoms. The Labute approximate surface area is 220 Å². The third-order valence-electron chi connectivity index (χ3n) is 7.23. The van der Waals surface area contributed by atoms with Gasteiger partial charge in [0.25, 0.3) is 0 Å². The van der Waals surface area contributed by atoms with E-state index in [1.165, 1.54) is 0 Å². The molecule has 8 heteroatoms. The van der Waals surface area contributed by atoms with Gasteiger partial charge in [0.05, 0.1) is 11.7 Å². The number of carbonyl (C=O) groups excluding carboxylic acids is 1. The molecular weight excluding hydrogens is 470 g/mol. The van der Waals surface area contributed by atoms with Crippen LogP contribution >= 0.6 is 0 Å². The monoisotopic (exact) mass is 513 g/mol. The van der Waals surface area contributed by atoms with Crippen molar-refractivity contribution in [1.82, 2.24) is 10.2 Å². The van der Waals surface area contributed by atoms with Gasteiger partial charge in [0, 0.05) is 51.4 Å². The number of benzene rings is 2. The van der Waals surface area contributed by atoms with Gasteiger partial charge in [-0.1, -0.05) is 43.3 Å². The average Bonchev–Trinajstić information content (AvgIpc) is 2.94. The topological polar surface area (TPSA) is 117 Å². The minimum absolute atomic E-state index is 0.0854. The summed E-state index contributed by atoms with van der Waals surface area (Å²) in [6, 6.07) is 15.4. The number of methoxy groups -OCH3 is 1. The lowest BCUT2D eigenvalue weighted by atomic mass is 9.73. The molecular formula is C29H43N3O5. The summed E-state index contributed by atoms with van der Waals surface area (Å²) in [5.74, 6) is 1.23. The molecule has 0 radical (unpaired) electrons. The molecule has 0 aromatic heterocycles. The molecule has 0 spiro atoms.